The van der Waals surface area contributed by atoms with Crippen LogP contribution < -0.4 is 0 Å². The lowest BCUT2D eigenvalue weighted by Gasteiger charge is -1.97. The lowest BCUT2D eigenvalue weighted by Crippen LogP contribution is -2.00. The number of furan rings is 2. The summed E-state index contributed by atoms with van der Waals surface area (Å²) >= 11 is 3.18. The number of hydrogen-bond acceptors (Lipinski definition) is 4. The summed E-state index contributed by atoms with van der Waals surface area (Å²) < 4.78 is 15.5. The fourth-order valence-corrected chi connectivity index (χ4v) is 1.52. The molecule has 0 aromatic carbocycles. The van der Waals surface area contributed by atoms with Gasteiger partial charge in [-0.25, -0.2) is 4.79 Å². The Morgan fingerprint density at radius 2 is 2.20 bits per heavy atom. The van der Waals surface area contributed by atoms with E-state index >= 15 is 0 Å². The smallest absolute Gasteiger partial charge is 0.374 e. The molecule has 0 radical (unpaired) electrons. The van der Waals surface area contributed by atoms with Crippen molar-refractivity contribution in [2.45, 2.75) is 0 Å². The van der Waals surface area contributed by atoms with E-state index in [1.165, 1.54) is 13.4 Å². The van der Waals surface area contributed by atoms with Crippen LogP contribution in [0.25, 0.3) is 11.3 Å². The van der Waals surface area contributed by atoms with Gasteiger partial charge in [0.1, 0.15) is 5.76 Å². The van der Waals surface area contributed by atoms with E-state index in [1.54, 1.807) is 18.2 Å². The van der Waals surface area contributed by atoms with Crippen molar-refractivity contribution in [3.05, 3.63) is 34.9 Å². The number of ether oxygens (including phenoxy) is 1. The van der Waals surface area contributed by atoms with Gasteiger partial charge in [-0.15, -0.1) is 0 Å². The molecule has 15 heavy (non-hydrogen) atoms. The summed E-state index contributed by atoms with van der Waals surface area (Å²) in [5.41, 5.74) is 0.576. The normalized spacial score (nSPS) is 10.3. The molecule has 2 heterocycles. The van der Waals surface area contributed by atoms with Gasteiger partial charge in [0.15, 0.2) is 4.67 Å². The zero-order chi connectivity index (χ0) is 10.8. The molecule has 0 amide bonds. The van der Waals surface area contributed by atoms with Gasteiger partial charge in [0.2, 0.25) is 5.76 Å². The van der Waals surface area contributed by atoms with Gasteiger partial charge in [-0.1, -0.05) is 0 Å². The van der Waals surface area contributed by atoms with Gasteiger partial charge in [0, 0.05) is 0 Å². The van der Waals surface area contributed by atoms with Crippen LogP contribution in [0, 0.1) is 0 Å². The Labute approximate surface area is 93.9 Å². The third-order valence-electron chi connectivity index (χ3n) is 1.87. The lowest BCUT2D eigenvalue weighted by atomic mass is 10.2. The maximum atomic E-state index is 11.3. The van der Waals surface area contributed by atoms with E-state index in [0.29, 0.717) is 16.0 Å². The van der Waals surface area contributed by atoms with Gasteiger partial charge >= 0.3 is 5.97 Å². The van der Waals surface area contributed by atoms with E-state index in [2.05, 4.69) is 20.7 Å². The van der Waals surface area contributed by atoms with E-state index in [0.717, 1.165) is 0 Å². The molecule has 78 valence electrons. The van der Waals surface area contributed by atoms with Crippen molar-refractivity contribution in [3.63, 3.8) is 0 Å². The van der Waals surface area contributed by atoms with Crippen molar-refractivity contribution in [1.29, 1.82) is 0 Å². The minimum absolute atomic E-state index is 0.138. The highest BCUT2D eigenvalue weighted by Gasteiger charge is 2.19. The SMILES string of the molecule is COC(=O)c1occc1-c1ccc(Br)o1. The first-order valence-corrected chi connectivity index (χ1v) is 4.93. The summed E-state index contributed by atoms with van der Waals surface area (Å²) in [5.74, 6) is 0.165. The van der Waals surface area contributed by atoms with Crippen molar-refractivity contribution in [2.75, 3.05) is 7.11 Å². The van der Waals surface area contributed by atoms with Gasteiger partial charge in [-0.2, -0.15) is 0 Å². The quantitative estimate of drug-likeness (QED) is 0.787. The number of halogens is 1. The van der Waals surface area contributed by atoms with Crippen LogP contribution in [0.4, 0.5) is 0 Å². The molecule has 4 nitrogen and oxygen atoms in total. The zero-order valence-corrected chi connectivity index (χ0v) is 9.41. The topological polar surface area (TPSA) is 52.6 Å². The first kappa shape index (κ1) is 10.0. The van der Waals surface area contributed by atoms with E-state index in [-0.39, 0.29) is 5.76 Å². The number of rotatable bonds is 2. The van der Waals surface area contributed by atoms with Crippen LogP contribution in [0.3, 0.4) is 0 Å². The van der Waals surface area contributed by atoms with Crippen LogP contribution in [0.15, 0.2) is 38.0 Å². The van der Waals surface area contributed by atoms with Gasteiger partial charge in [0.25, 0.3) is 0 Å². The van der Waals surface area contributed by atoms with E-state index < -0.39 is 5.97 Å². The summed E-state index contributed by atoms with van der Waals surface area (Å²) in [6.07, 6.45) is 1.41. The molecule has 0 saturated carbocycles. The lowest BCUT2D eigenvalue weighted by molar-refractivity contribution is 0.0566. The molecule has 2 aromatic heterocycles. The molecular formula is C10H7BrO4. The standard InChI is InChI=1S/C10H7BrO4/c1-13-10(12)9-6(4-5-14-9)7-2-3-8(11)15-7/h2-5H,1H3. The third-order valence-corrected chi connectivity index (χ3v) is 2.30. The molecule has 0 saturated heterocycles. The Morgan fingerprint density at radius 1 is 1.40 bits per heavy atom. The fraction of sp³-hybridized carbons (Fsp3) is 0.100. The minimum Gasteiger partial charge on any atom is -0.463 e. The van der Waals surface area contributed by atoms with Gasteiger partial charge in [-0.3, -0.25) is 0 Å². The first-order valence-electron chi connectivity index (χ1n) is 4.14. The molecule has 2 aromatic rings. The Bertz CT molecular complexity index is 483. The van der Waals surface area contributed by atoms with Crippen molar-refractivity contribution in [1.82, 2.24) is 0 Å². The summed E-state index contributed by atoms with van der Waals surface area (Å²) in [4.78, 5) is 11.3. The van der Waals surface area contributed by atoms with Crippen molar-refractivity contribution in [2.24, 2.45) is 0 Å². The number of carbonyl (C=O) groups excluding carboxylic acids is 1. The van der Waals surface area contributed by atoms with E-state index in [9.17, 15) is 4.79 Å². The third kappa shape index (κ3) is 1.83. The second kappa shape index (κ2) is 3.94. The van der Waals surface area contributed by atoms with Crippen LogP contribution in [-0.2, 0) is 4.74 Å². The van der Waals surface area contributed by atoms with Gasteiger partial charge < -0.3 is 13.6 Å². The van der Waals surface area contributed by atoms with Crippen molar-refractivity contribution < 1.29 is 18.4 Å². The highest BCUT2D eigenvalue weighted by atomic mass is 79.9. The number of esters is 1. The predicted octanol–water partition coefficient (Wildman–Crippen LogP) is 3.09. The number of methoxy groups -OCH3 is 1. The minimum atomic E-state index is -0.525. The van der Waals surface area contributed by atoms with Gasteiger partial charge in [0.05, 0.1) is 18.9 Å². The molecule has 0 aliphatic rings. The second-order valence-corrected chi connectivity index (χ2v) is 3.54. The van der Waals surface area contributed by atoms with Crippen LogP contribution in [0.2, 0.25) is 0 Å². The number of carbonyl (C=O) groups is 1. The maximum absolute atomic E-state index is 11.3. The second-order valence-electron chi connectivity index (χ2n) is 2.76. The fourth-order valence-electron chi connectivity index (χ4n) is 1.21. The Morgan fingerprint density at radius 3 is 2.80 bits per heavy atom. The van der Waals surface area contributed by atoms with Crippen molar-refractivity contribution in [3.8, 4) is 11.3 Å². The Hall–Kier alpha value is -1.49. The highest BCUT2D eigenvalue weighted by molar-refractivity contribution is 9.10. The zero-order valence-electron chi connectivity index (χ0n) is 7.82. The van der Waals surface area contributed by atoms with Crippen LogP contribution in [0.1, 0.15) is 10.6 Å². The van der Waals surface area contributed by atoms with Crippen LogP contribution in [-0.4, -0.2) is 13.1 Å². The average molecular weight is 271 g/mol. The molecule has 2 rings (SSSR count). The Balaban J connectivity index is 2.45. The van der Waals surface area contributed by atoms with E-state index in [1.807, 2.05) is 0 Å². The maximum Gasteiger partial charge on any atom is 0.374 e. The van der Waals surface area contributed by atoms with Crippen molar-refractivity contribution >= 4 is 21.9 Å². The molecule has 0 aliphatic carbocycles. The summed E-state index contributed by atoms with van der Waals surface area (Å²) in [6, 6.07) is 5.13. The summed E-state index contributed by atoms with van der Waals surface area (Å²) in [6.45, 7) is 0. The largest absolute Gasteiger partial charge is 0.463 e. The molecule has 0 N–H and O–H groups in total. The number of hydrogen-bond donors (Lipinski definition) is 0. The summed E-state index contributed by atoms with van der Waals surface area (Å²) in [7, 11) is 1.30. The molecule has 0 fully saturated rings. The van der Waals surface area contributed by atoms with E-state index in [4.69, 9.17) is 8.83 Å². The Kier molecular flexibility index (Phi) is 2.64. The molecule has 5 heteroatoms. The molecule has 0 bridgehead atoms. The first-order chi connectivity index (χ1) is 7.22. The van der Waals surface area contributed by atoms with Gasteiger partial charge in [-0.05, 0) is 34.1 Å². The summed E-state index contributed by atoms with van der Waals surface area (Å²) in [5, 5.41) is 0. The molecule has 0 atom stereocenters. The van der Waals surface area contributed by atoms with Crippen LogP contribution >= 0.6 is 15.9 Å². The average Bonchev–Trinajstić information content (AvgIpc) is 2.84. The molecule has 0 spiro atoms. The molecule has 0 aliphatic heterocycles. The highest BCUT2D eigenvalue weighted by Crippen LogP contribution is 2.29. The predicted molar refractivity (Wildman–Crippen MR) is 55.4 cm³/mol. The molecule has 0 unspecified atom stereocenters. The van der Waals surface area contributed by atoms with Crippen LogP contribution in [0.5, 0.6) is 0 Å². The molecular weight excluding hydrogens is 264 g/mol. The monoisotopic (exact) mass is 270 g/mol.